The molecule has 13 heteroatoms. The van der Waals surface area contributed by atoms with Gasteiger partial charge in [-0.25, -0.2) is 10.1 Å². The molecule has 7 atom stereocenters. The summed E-state index contributed by atoms with van der Waals surface area (Å²) in [5, 5.41) is 25.0. The van der Waals surface area contributed by atoms with Crippen LogP contribution in [0, 0.1) is 11.3 Å². The molecule has 5 N–H and O–H groups in total. The number of imidazole rings is 1. The zero-order chi connectivity index (χ0) is 25.1. The van der Waals surface area contributed by atoms with Crippen LogP contribution in [0.25, 0.3) is 11.2 Å². The van der Waals surface area contributed by atoms with Gasteiger partial charge in [0.15, 0.2) is 11.5 Å². The van der Waals surface area contributed by atoms with Crippen LogP contribution in [-0.4, -0.2) is 59.9 Å². The smallest absolute Gasteiger partial charge is 0.317 e. The molecule has 2 aromatic heterocycles. The van der Waals surface area contributed by atoms with Gasteiger partial charge < -0.3 is 25.0 Å². The normalized spacial score (nSPS) is 30.0. The number of Topliss-reactive ketones (excluding diaryl/α,β-unsaturated/α-hetero) is 1. The summed E-state index contributed by atoms with van der Waals surface area (Å²) in [4.78, 5) is 24.3. The van der Waals surface area contributed by atoms with Crippen molar-refractivity contribution < 1.29 is 24.1 Å². The molecular weight excluding hydrogens is 495 g/mol. The SMILES string of the molecule is CC(=O)C(C)NP(=O)(C[C@]12C[C@@H]1[C@@H](n1cnc3c(N)nc(Cl)nc31)[C@H](O)[C@@H]2O)Oc1ccccc1. The van der Waals surface area contributed by atoms with Gasteiger partial charge in [0, 0.05) is 5.41 Å². The molecule has 2 unspecified atom stereocenters. The van der Waals surface area contributed by atoms with E-state index in [-0.39, 0.29) is 29.0 Å². The van der Waals surface area contributed by atoms with E-state index in [4.69, 9.17) is 21.9 Å². The number of nitrogens with zero attached hydrogens (tertiary/aromatic N) is 4. The van der Waals surface area contributed by atoms with Gasteiger partial charge in [-0.2, -0.15) is 9.97 Å². The zero-order valence-corrected chi connectivity index (χ0v) is 20.7. The lowest BCUT2D eigenvalue weighted by Crippen LogP contribution is -2.38. The summed E-state index contributed by atoms with van der Waals surface area (Å²) in [5.41, 5.74) is 5.70. The summed E-state index contributed by atoms with van der Waals surface area (Å²) in [6.45, 7) is 3.01. The van der Waals surface area contributed by atoms with E-state index in [1.165, 1.54) is 13.3 Å². The first-order valence-corrected chi connectivity index (χ1v) is 13.4. The molecule has 186 valence electrons. The predicted octanol–water partition coefficient (Wildman–Crippen LogP) is 2.18. The lowest BCUT2D eigenvalue weighted by Gasteiger charge is -2.29. The van der Waals surface area contributed by atoms with E-state index in [0.717, 1.165) is 0 Å². The number of para-hydroxylation sites is 1. The van der Waals surface area contributed by atoms with E-state index in [1.807, 2.05) is 0 Å². The van der Waals surface area contributed by atoms with Crippen LogP contribution in [0.15, 0.2) is 36.7 Å². The number of aliphatic hydroxyl groups excluding tert-OH is 2. The minimum Gasteiger partial charge on any atom is -0.433 e. The summed E-state index contributed by atoms with van der Waals surface area (Å²) in [6.07, 6.45) is -0.473. The third-order valence-electron chi connectivity index (χ3n) is 7.09. The van der Waals surface area contributed by atoms with Gasteiger partial charge in [0.2, 0.25) is 5.28 Å². The van der Waals surface area contributed by atoms with E-state index in [2.05, 4.69) is 20.0 Å². The number of ketones is 1. The van der Waals surface area contributed by atoms with Crippen molar-refractivity contribution in [3.05, 3.63) is 41.9 Å². The lowest BCUT2D eigenvalue weighted by atomic mass is 10.0. The molecule has 0 bridgehead atoms. The number of nitrogen functional groups attached to an aromatic ring is 1. The average molecular weight is 521 g/mol. The average Bonchev–Trinajstić information content (AvgIpc) is 3.25. The number of aliphatic hydroxyl groups is 2. The number of carbonyl (C=O) groups is 1. The Balaban J connectivity index is 1.48. The second kappa shape index (κ2) is 8.53. The maximum absolute atomic E-state index is 14.1. The summed E-state index contributed by atoms with van der Waals surface area (Å²) in [5.74, 6) is 0.0365. The Morgan fingerprint density at radius 3 is 2.77 bits per heavy atom. The summed E-state index contributed by atoms with van der Waals surface area (Å²) < 4.78 is 21.6. The Labute approximate surface area is 206 Å². The number of anilines is 1. The third kappa shape index (κ3) is 4.11. The molecular formula is C22H26ClN6O5P. The van der Waals surface area contributed by atoms with Crippen molar-refractivity contribution in [3.8, 4) is 5.75 Å². The van der Waals surface area contributed by atoms with Gasteiger partial charge in [-0.15, -0.1) is 0 Å². The highest BCUT2D eigenvalue weighted by molar-refractivity contribution is 7.57. The van der Waals surface area contributed by atoms with Crippen LogP contribution in [0.4, 0.5) is 5.82 Å². The number of nitrogens with two attached hydrogens (primary N) is 1. The molecule has 0 saturated heterocycles. The van der Waals surface area contributed by atoms with Gasteiger partial charge >= 0.3 is 7.52 Å². The van der Waals surface area contributed by atoms with E-state index in [0.29, 0.717) is 23.3 Å². The number of benzene rings is 1. The van der Waals surface area contributed by atoms with Crippen molar-refractivity contribution in [3.63, 3.8) is 0 Å². The summed E-state index contributed by atoms with van der Waals surface area (Å²) >= 11 is 5.99. The number of rotatable bonds is 8. The highest BCUT2D eigenvalue weighted by Gasteiger charge is 2.73. The molecule has 3 aromatic rings. The fraction of sp³-hybridized carbons (Fsp3) is 0.455. The second-order valence-corrected chi connectivity index (χ2v) is 11.8. The van der Waals surface area contributed by atoms with E-state index in [9.17, 15) is 19.6 Å². The zero-order valence-electron chi connectivity index (χ0n) is 19.1. The lowest BCUT2D eigenvalue weighted by molar-refractivity contribution is -0.118. The number of carbonyl (C=O) groups excluding carboxylic acids is 1. The molecule has 0 radical (unpaired) electrons. The number of aromatic nitrogens is 4. The van der Waals surface area contributed by atoms with E-state index in [1.54, 1.807) is 41.8 Å². The van der Waals surface area contributed by atoms with Crippen LogP contribution in [0.3, 0.4) is 0 Å². The van der Waals surface area contributed by atoms with Crippen molar-refractivity contribution >= 4 is 41.9 Å². The second-order valence-electron chi connectivity index (χ2n) is 9.37. The van der Waals surface area contributed by atoms with Gasteiger partial charge in [0.1, 0.15) is 23.2 Å². The summed E-state index contributed by atoms with van der Waals surface area (Å²) in [7, 11) is -3.69. The van der Waals surface area contributed by atoms with Crippen LogP contribution in [0.2, 0.25) is 5.28 Å². The molecule has 0 aliphatic heterocycles. The van der Waals surface area contributed by atoms with Gasteiger partial charge in [0.05, 0.1) is 30.7 Å². The van der Waals surface area contributed by atoms with Gasteiger partial charge in [0.25, 0.3) is 0 Å². The number of hydrogen-bond donors (Lipinski definition) is 4. The first-order chi connectivity index (χ1) is 16.5. The van der Waals surface area contributed by atoms with Crippen LogP contribution >= 0.6 is 19.1 Å². The Kier molecular flexibility index (Phi) is 5.89. The molecule has 1 aromatic carbocycles. The fourth-order valence-electron chi connectivity index (χ4n) is 5.21. The van der Waals surface area contributed by atoms with E-state index >= 15 is 0 Å². The van der Waals surface area contributed by atoms with Crippen molar-refractivity contribution in [2.75, 3.05) is 11.9 Å². The first-order valence-electron chi connectivity index (χ1n) is 11.2. The molecule has 35 heavy (non-hydrogen) atoms. The summed E-state index contributed by atoms with van der Waals surface area (Å²) in [6, 6.07) is 7.32. The number of hydrogen-bond acceptors (Lipinski definition) is 9. The number of fused-ring (bicyclic) bond motifs is 2. The Morgan fingerprint density at radius 1 is 1.37 bits per heavy atom. The van der Waals surface area contributed by atoms with Crippen LogP contribution in [-0.2, 0) is 9.36 Å². The Morgan fingerprint density at radius 2 is 2.09 bits per heavy atom. The maximum atomic E-state index is 14.1. The van der Waals surface area contributed by atoms with Crippen molar-refractivity contribution in [2.24, 2.45) is 11.3 Å². The fourth-order valence-corrected chi connectivity index (χ4v) is 8.15. The van der Waals surface area contributed by atoms with Crippen LogP contribution < -0.4 is 15.3 Å². The van der Waals surface area contributed by atoms with Gasteiger partial charge in [-0.05, 0) is 49.9 Å². The van der Waals surface area contributed by atoms with Gasteiger partial charge in [-0.3, -0.25) is 9.36 Å². The molecule has 0 amide bonds. The molecule has 11 nitrogen and oxygen atoms in total. The third-order valence-corrected chi connectivity index (χ3v) is 9.55. The molecule has 2 saturated carbocycles. The molecule has 2 aliphatic rings. The maximum Gasteiger partial charge on any atom is 0.317 e. The Hall–Kier alpha value is -2.56. The standard InChI is InChI=1S/C22H26ClN6O5P/c1-11(12(2)30)28-35(33,34-13-6-4-3-5-7-13)9-22-8-14(22)16(17(31)18(22)32)29-10-25-15-19(24)26-21(23)27-20(15)29/h3-7,10-11,14,16-18,31-32H,8-9H2,1-2H3,(H,28,33)(H2,24,26,27)/t11?,14-,16-,17+,18+,22-,35?/m1/s1. The van der Waals surface area contributed by atoms with E-state index < -0.39 is 37.2 Å². The largest absolute Gasteiger partial charge is 0.433 e. The molecule has 2 fully saturated rings. The molecule has 2 heterocycles. The Bertz CT molecular complexity index is 1340. The monoisotopic (exact) mass is 520 g/mol. The van der Waals surface area contributed by atoms with Gasteiger partial charge in [-0.1, -0.05) is 18.2 Å². The van der Waals surface area contributed by atoms with Crippen molar-refractivity contribution in [1.29, 1.82) is 0 Å². The minimum atomic E-state index is -3.69. The van der Waals surface area contributed by atoms with Crippen molar-refractivity contribution in [2.45, 2.75) is 44.6 Å². The number of nitrogens with one attached hydrogen (secondary N) is 1. The highest BCUT2D eigenvalue weighted by Crippen LogP contribution is 2.72. The van der Waals surface area contributed by atoms with Crippen molar-refractivity contribution in [1.82, 2.24) is 24.6 Å². The quantitative estimate of drug-likeness (QED) is 0.255. The number of halogens is 1. The molecule has 5 rings (SSSR count). The predicted molar refractivity (Wildman–Crippen MR) is 129 cm³/mol. The molecule has 0 spiro atoms. The minimum absolute atomic E-state index is 0.0602. The molecule has 2 aliphatic carbocycles. The van der Waals surface area contributed by atoms with Crippen LogP contribution in [0.5, 0.6) is 5.75 Å². The highest BCUT2D eigenvalue weighted by atomic mass is 35.5. The topological polar surface area (TPSA) is 165 Å². The van der Waals surface area contributed by atoms with Crippen LogP contribution in [0.1, 0.15) is 26.3 Å². The first kappa shape index (κ1) is 24.1.